The maximum Gasteiger partial charge on any atom is 0.317 e. The molecule has 0 N–H and O–H groups in total. The van der Waals surface area contributed by atoms with E-state index in [2.05, 4.69) is 0 Å². The standard InChI is InChI=1S/C24H26O6/c1-5-30-24(26)22-19(18-10-7-11-21(28-3)23(18)29-4)13-16(14-20(22)25)15-8-6-9-17(12-15)27-2/h6-12,14,19,22H,5,13H2,1-4H3. The summed E-state index contributed by atoms with van der Waals surface area (Å²) in [6.45, 7) is 1.93. The minimum atomic E-state index is -0.944. The quantitative estimate of drug-likeness (QED) is 0.507. The summed E-state index contributed by atoms with van der Waals surface area (Å²) in [7, 11) is 4.70. The molecule has 6 heteroatoms. The van der Waals surface area contributed by atoms with Crippen LogP contribution < -0.4 is 14.2 Å². The van der Waals surface area contributed by atoms with Gasteiger partial charge in [-0.3, -0.25) is 9.59 Å². The molecule has 0 radical (unpaired) electrons. The van der Waals surface area contributed by atoms with Crippen LogP contribution in [0, 0.1) is 5.92 Å². The van der Waals surface area contributed by atoms with E-state index in [1.165, 1.54) is 0 Å². The Morgan fingerprint density at radius 2 is 1.80 bits per heavy atom. The van der Waals surface area contributed by atoms with Gasteiger partial charge in [0, 0.05) is 11.5 Å². The van der Waals surface area contributed by atoms with Gasteiger partial charge in [-0.2, -0.15) is 0 Å². The number of ketones is 1. The van der Waals surface area contributed by atoms with Gasteiger partial charge in [0.25, 0.3) is 0 Å². The fourth-order valence-corrected chi connectivity index (χ4v) is 3.90. The van der Waals surface area contributed by atoms with Crippen molar-refractivity contribution in [3.63, 3.8) is 0 Å². The van der Waals surface area contributed by atoms with E-state index in [1.807, 2.05) is 36.4 Å². The summed E-state index contributed by atoms with van der Waals surface area (Å²) in [4.78, 5) is 25.8. The number of carbonyl (C=O) groups is 2. The molecule has 0 saturated heterocycles. The fraction of sp³-hybridized carbons (Fsp3) is 0.333. The molecule has 30 heavy (non-hydrogen) atoms. The smallest absolute Gasteiger partial charge is 0.317 e. The van der Waals surface area contributed by atoms with Crippen LogP contribution in [0.2, 0.25) is 0 Å². The Balaban J connectivity index is 2.11. The van der Waals surface area contributed by atoms with Crippen molar-refractivity contribution in [3.8, 4) is 17.2 Å². The van der Waals surface area contributed by atoms with E-state index < -0.39 is 17.8 Å². The SMILES string of the molecule is CCOC(=O)C1C(=O)C=C(c2cccc(OC)c2)CC1c1cccc(OC)c1OC. The molecule has 2 aromatic carbocycles. The van der Waals surface area contributed by atoms with Gasteiger partial charge >= 0.3 is 5.97 Å². The molecule has 1 aliphatic carbocycles. The van der Waals surface area contributed by atoms with Gasteiger partial charge in [0.2, 0.25) is 0 Å². The van der Waals surface area contributed by atoms with E-state index in [9.17, 15) is 9.59 Å². The van der Waals surface area contributed by atoms with Crippen LogP contribution in [0.25, 0.3) is 5.57 Å². The Hall–Kier alpha value is -3.28. The highest BCUT2D eigenvalue weighted by atomic mass is 16.5. The zero-order valence-electron chi connectivity index (χ0n) is 17.6. The Labute approximate surface area is 176 Å². The third-order valence-corrected chi connectivity index (χ3v) is 5.28. The number of carbonyl (C=O) groups excluding carboxylic acids is 2. The molecule has 0 aromatic heterocycles. The molecule has 0 fully saturated rings. The predicted octanol–water partition coefficient (Wildman–Crippen LogP) is 4.03. The Morgan fingerprint density at radius 1 is 1.03 bits per heavy atom. The van der Waals surface area contributed by atoms with Crippen LogP contribution in [0.1, 0.15) is 30.4 Å². The molecule has 0 bridgehead atoms. The minimum Gasteiger partial charge on any atom is -0.497 e. The van der Waals surface area contributed by atoms with Gasteiger partial charge in [-0.25, -0.2) is 0 Å². The number of rotatable bonds is 7. The van der Waals surface area contributed by atoms with E-state index >= 15 is 0 Å². The summed E-state index contributed by atoms with van der Waals surface area (Å²) in [5.41, 5.74) is 2.43. The largest absolute Gasteiger partial charge is 0.497 e. The molecular weight excluding hydrogens is 384 g/mol. The van der Waals surface area contributed by atoms with E-state index in [4.69, 9.17) is 18.9 Å². The number of hydrogen-bond acceptors (Lipinski definition) is 6. The second kappa shape index (κ2) is 9.48. The van der Waals surface area contributed by atoms with Crippen molar-refractivity contribution in [1.82, 2.24) is 0 Å². The molecule has 0 heterocycles. The fourth-order valence-electron chi connectivity index (χ4n) is 3.90. The zero-order chi connectivity index (χ0) is 21.7. The van der Waals surface area contributed by atoms with Crippen molar-refractivity contribution in [2.45, 2.75) is 19.3 Å². The lowest BCUT2D eigenvalue weighted by atomic mass is 9.73. The van der Waals surface area contributed by atoms with Gasteiger partial charge in [-0.1, -0.05) is 24.3 Å². The zero-order valence-corrected chi connectivity index (χ0v) is 17.6. The molecule has 0 saturated carbocycles. The van der Waals surface area contributed by atoms with Crippen molar-refractivity contribution in [2.75, 3.05) is 27.9 Å². The van der Waals surface area contributed by atoms with Crippen LogP contribution in [0.15, 0.2) is 48.5 Å². The number of hydrogen-bond donors (Lipinski definition) is 0. The molecular formula is C24H26O6. The third kappa shape index (κ3) is 4.17. The van der Waals surface area contributed by atoms with Crippen LogP contribution in [0.3, 0.4) is 0 Å². The van der Waals surface area contributed by atoms with Gasteiger partial charge in [0.1, 0.15) is 11.7 Å². The van der Waals surface area contributed by atoms with Gasteiger partial charge in [0.05, 0.1) is 27.9 Å². The van der Waals surface area contributed by atoms with Gasteiger partial charge in [-0.05, 0) is 48.8 Å². The summed E-state index contributed by atoms with van der Waals surface area (Å²) in [6.07, 6.45) is 2.01. The summed E-state index contributed by atoms with van der Waals surface area (Å²) in [5.74, 6) is -0.454. The minimum absolute atomic E-state index is 0.205. The van der Waals surface area contributed by atoms with Crippen LogP contribution in [-0.2, 0) is 14.3 Å². The number of benzene rings is 2. The first-order valence-electron chi connectivity index (χ1n) is 9.80. The Kier molecular flexibility index (Phi) is 6.77. The second-order valence-corrected chi connectivity index (χ2v) is 6.93. The van der Waals surface area contributed by atoms with E-state index in [1.54, 1.807) is 40.4 Å². The molecule has 0 amide bonds. The average Bonchev–Trinajstić information content (AvgIpc) is 2.77. The Bertz CT molecular complexity index is 962. The number of ether oxygens (including phenoxy) is 4. The third-order valence-electron chi connectivity index (χ3n) is 5.28. The first kappa shape index (κ1) is 21.4. The first-order chi connectivity index (χ1) is 14.5. The van der Waals surface area contributed by atoms with Crippen molar-refractivity contribution >= 4 is 17.3 Å². The number of esters is 1. The van der Waals surface area contributed by atoms with Crippen molar-refractivity contribution in [2.24, 2.45) is 5.92 Å². The molecule has 1 aliphatic rings. The van der Waals surface area contributed by atoms with Gasteiger partial charge < -0.3 is 18.9 Å². The Morgan fingerprint density at radius 3 is 2.47 bits per heavy atom. The highest BCUT2D eigenvalue weighted by molar-refractivity contribution is 6.10. The van der Waals surface area contributed by atoms with Gasteiger partial charge in [-0.15, -0.1) is 0 Å². The lowest BCUT2D eigenvalue weighted by molar-refractivity contribution is -0.151. The molecule has 2 atom stereocenters. The number of para-hydroxylation sites is 1. The van der Waals surface area contributed by atoms with Crippen LogP contribution in [0.5, 0.6) is 17.2 Å². The van der Waals surface area contributed by atoms with Crippen LogP contribution in [0.4, 0.5) is 0 Å². The van der Waals surface area contributed by atoms with Crippen molar-refractivity contribution in [3.05, 3.63) is 59.7 Å². The van der Waals surface area contributed by atoms with E-state index in [-0.39, 0.29) is 12.4 Å². The lowest BCUT2D eigenvalue weighted by Gasteiger charge is -2.30. The maximum atomic E-state index is 13.1. The molecule has 3 rings (SSSR count). The topological polar surface area (TPSA) is 71.1 Å². The summed E-state index contributed by atoms with van der Waals surface area (Å²) < 4.78 is 21.6. The number of methoxy groups -OCH3 is 3. The highest BCUT2D eigenvalue weighted by Crippen LogP contribution is 2.46. The second-order valence-electron chi connectivity index (χ2n) is 6.93. The average molecular weight is 410 g/mol. The molecule has 158 valence electrons. The lowest BCUT2D eigenvalue weighted by Crippen LogP contribution is -2.34. The van der Waals surface area contributed by atoms with Crippen LogP contribution in [-0.4, -0.2) is 39.7 Å². The maximum absolute atomic E-state index is 13.1. The van der Waals surface area contributed by atoms with E-state index in [0.29, 0.717) is 23.7 Å². The molecule has 6 nitrogen and oxygen atoms in total. The molecule has 2 unspecified atom stereocenters. The molecule has 0 spiro atoms. The van der Waals surface area contributed by atoms with E-state index in [0.717, 1.165) is 16.7 Å². The van der Waals surface area contributed by atoms with Gasteiger partial charge in [0.15, 0.2) is 17.3 Å². The monoisotopic (exact) mass is 410 g/mol. The number of allylic oxidation sites excluding steroid dienone is 2. The first-order valence-corrected chi connectivity index (χ1v) is 9.80. The van der Waals surface area contributed by atoms with Crippen LogP contribution >= 0.6 is 0 Å². The molecule has 0 aliphatic heterocycles. The highest BCUT2D eigenvalue weighted by Gasteiger charge is 2.41. The predicted molar refractivity (Wildman–Crippen MR) is 113 cm³/mol. The van der Waals surface area contributed by atoms with Crippen molar-refractivity contribution < 1.29 is 28.5 Å². The summed E-state index contributed by atoms with van der Waals surface area (Å²) in [6, 6.07) is 13.0. The summed E-state index contributed by atoms with van der Waals surface area (Å²) >= 11 is 0. The normalized spacial score (nSPS) is 18.4. The summed E-state index contributed by atoms with van der Waals surface area (Å²) in [5, 5.41) is 0. The molecule has 2 aromatic rings. The van der Waals surface area contributed by atoms with Crippen molar-refractivity contribution in [1.29, 1.82) is 0 Å².